The fourth-order valence-electron chi connectivity index (χ4n) is 4.34. The number of hydrogen-bond acceptors (Lipinski definition) is 8. The number of halogens is 1. The second-order valence-electron chi connectivity index (χ2n) is 8.57. The molecule has 4 aromatic rings. The van der Waals surface area contributed by atoms with Gasteiger partial charge >= 0.3 is 0 Å². The molecule has 11 nitrogen and oxygen atoms in total. The van der Waals surface area contributed by atoms with Crippen molar-refractivity contribution in [2.45, 2.75) is 31.7 Å². The lowest BCUT2D eigenvalue weighted by Gasteiger charge is -2.26. The van der Waals surface area contributed by atoms with Gasteiger partial charge in [-0.2, -0.15) is 10.2 Å². The van der Waals surface area contributed by atoms with E-state index in [-0.39, 0.29) is 18.5 Å². The number of aromatic nitrogens is 5. The highest BCUT2D eigenvalue weighted by atomic mass is 35.5. The Morgan fingerprint density at radius 3 is 3.00 bits per heavy atom. The average Bonchev–Trinajstić information content (AvgIpc) is 3.48. The van der Waals surface area contributed by atoms with Crippen molar-refractivity contribution in [3.8, 4) is 17.0 Å². The molecule has 0 saturated carbocycles. The summed E-state index contributed by atoms with van der Waals surface area (Å²) in [6.45, 7) is 2.02. The summed E-state index contributed by atoms with van der Waals surface area (Å²) in [6, 6.07) is 7.15. The molecule has 1 amide bonds. The number of fused-ring (bicyclic) bond motifs is 1. The third-order valence-corrected chi connectivity index (χ3v) is 6.31. The minimum Gasteiger partial charge on any atom is -0.496 e. The molecule has 3 aromatic heterocycles. The molecule has 1 unspecified atom stereocenters. The zero-order valence-corrected chi connectivity index (χ0v) is 20.4. The fraction of sp³-hybridized carbons (Fsp3) is 0.333. The number of nitrogens with zero attached hydrogens (tertiary/aromatic N) is 5. The fourth-order valence-corrected chi connectivity index (χ4v) is 4.51. The molecule has 1 aliphatic heterocycles. The van der Waals surface area contributed by atoms with Gasteiger partial charge in [0, 0.05) is 35.2 Å². The predicted octanol–water partition coefficient (Wildman–Crippen LogP) is 2.17. The van der Waals surface area contributed by atoms with Crippen molar-refractivity contribution in [1.82, 2.24) is 35.0 Å². The van der Waals surface area contributed by atoms with Crippen LogP contribution in [0.4, 0.5) is 5.69 Å². The highest BCUT2D eigenvalue weighted by Gasteiger charge is 2.22. The summed E-state index contributed by atoms with van der Waals surface area (Å²) in [5.74, 6) is 0.157. The second-order valence-corrected chi connectivity index (χ2v) is 9.00. The van der Waals surface area contributed by atoms with Gasteiger partial charge in [-0.1, -0.05) is 11.6 Å². The standard InChI is InChI=1S/C24H27ClN8O3/c1-36-20-4-3-15(25)11-17(20)22-19(30-24(35)18-12-28-33-10-2-7-27-23(18)33)13-32(31-22)14-21(34)29-16-5-8-26-9-6-16/h2-4,7,10-13,16,21,26,29,34H,5-6,8-9,14H2,1H3,(H,30,35). The first-order chi connectivity index (χ1) is 17.5. The number of nitrogens with one attached hydrogen (secondary N) is 3. The van der Waals surface area contributed by atoms with Crippen molar-refractivity contribution in [2.75, 3.05) is 25.5 Å². The summed E-state index contributed by atoms with van der Waals surface area (Å²) in [5, 5.41) is 29.5. The van der Waals surface area contributed by atoms with E-state index in [0.717, 1.165) is 25.9 Å². The van der Waals surface area contributed by atoms with Crippen LogP contribution in [-0.2, 0) is 6.54 Å². The van der Waals surface area contributed by atoms with Gasteiger partial charge in [-0.3, -0.25) is 14.8 Å². The molecule has 4 heterocycles. The molecule has 0 aliphatic carbocycles. The lowest BCUT2D eigenvalue weighted by atomic mass is 10.1. The Labute approximate surface area is 212 Å². The van der Waals surface area contributed by atoms with Crippen molar-refractivity contribution >= 4 is 28.8 Å². The minimum absolute atomic E-state index is 0.188. The van der Waals surface area contributed by atoms with Crippen LogP contribution in [0, 0.1) is 0 Å². The van der Waals surface area contributed by atoms with E-state index in [9.17, 15) is 9.90 Å². The number of benzene rings is 1. The first kappa shape index (κ1) is 24.2. The Morgan fingerprint density at radius 1 is 1.36 bits per heavy atom. The maximum absolute atomic E-state index is 13.2. The third kappa shape index (κ3) is 5.19. The molecular formula is C24H27ClN8O3. The maximum atomic E-state index is 13.2. The van der Waals surface area contributed by atoms with E-state index in [2.05, 4.69) is 31.1 Å². The zero-order valence-electron chi connectivity index (χ0n) is 19.7. The van der Waals surface area contributed by atoms with Gasteiger partial charge in [0.1, 0.15) is 23.2 Å². The van der Waals surface area contributed by atoms with Gasteiger partial charge in [0.25, 0.3) is 5.91 Å². The Morgan fingerprint density at radius 2 is 2.19 bits per heavy atom. The normalized spacial score (nSPS) is 15.2. The quantitative estimate of drug-likeness (QED) is 0.265. The molecule has 188 valence electrons. The van der Waals surface area contributed by atoms with E-state index in [0.29, 0.717) is 38.9 Å². The van der Waals surface area contributed by atoms with Crippen LogP contribution < -0.4 is 20.7 Å². The summed E-state index contributed by atoms with van der Waals surface area (Å²) in [7, 11) is 1.55. The molecule has 12 heteroatoms. The first-order valence-corrected chi connectivity index (χ1v) is 12.1. The summed E-state index contributed by atoms with van der Waals surface area (Å²) in [4.78, 5) is 17.5. The molecular weight excluding hydrogens is 484 g/mol. The van der Waals surface area contributed by atoms with Crippen molar-refractivity contribution in [3.63, 3.8) is 0 Å². The summed E-state index contributed by atoms with van der Waals surface area (Å²) < 4.78 is 8.65. The largest absolute Gasteiger partial charge is 0.496 e. The molecule has 1 atom stereocenters. The summed E-state index contributed by atoms with van der Waals surface area (Å²) in [6.07, 6.45) is 7.54. The number of ether oxygens (including phenoxy) is 1. The van der Waals surface area contributed by atoms with Crippen LogP contribution in [0.3, 0.4) is 0 Å². The smallest absolute Gasteiger partial charge is 0.261 e. The van der Waals surface area contributed by atoms with E-state index in [1.807, 2.05) is 0 Å². The van der Waals surface area contributed by atoms with Crippen LogP contribution in [0.2, 0.25) is 5.02 Å². The van der Waals surface area contributed by atoms with Crippen LogP contribution in [0.5, 0.6) is 5.75 Å². The third-order valence-electron chi connectivity index (χ3n) is 6.08. The van der Waals surface area contributed by atoms with E-state index >= 15 is 0 Å². The van der Waals surface area contributed by atoms with Crippen LogP contribution in [0.15, 0.2) is 49.1 Å². The minimum atomic E-state index is -0.811. The lowest BCUT2D eigenvalue weighted by Crippen LogP contribution is -2.46. The topological polar surface area (TPSA) is 131 Å². The maximum Gasteiger partial charge on any atom is 0.261 e. The molecule has 0 spiro atoms. The summed E-state index contributed by atoms with van der Waals surface area (Å²) >= 11 is 6.28. The van der Waals surface area contributed by atoms with Crippen molar-refractivity contribution in [3.05, 3.63) is 59.6 Å². The molecule has 0 bridgehead atoms. The summed E-state index contributed by atoms with van der Waals surface area (Å²) in [5.41, 5.74) is 2.26. The number of piperidine rings is 1. The highest BCUT2D eigenvalue weighted by molar-refractivity contribution is 6.31. The molecule has 5 rings (SSSR count). The number of aliphatic hydroxyl groups is 1. The van der Waals surface area contributed by atoms with E-state index in [4.69, 9.17) is 16.3 Å². The predicted molar refractivity (Wildman–Crippen MR) is 135 cm³/mol. The van der Waals surface area contributed by atoms with Gasteiger partial charge in [0.15, 0.2) is 5.65 Å². The van der Waals surface area contributed by atoms with Gasteiger partial charge < -0.3 is 20.5 Å². The Kier molecular flexibility index (Phi) is 7.14. The van der Waals surface area contributed by atoms with E-state index < -0.39 is 6.23 Å². The Balaban J connectivity index is 1.45. The van der Waals surface area contributed by atoms with Crippen LogP contribution in [0.1, 0.15) is 23.2 Å². The van der Waals surface area contributed by atoms with Gasteiger partial charge in [-0.25, -0.2) is 9.50 Å². The molecule has 1 fully saturated rings. The monoisotopic (exact) mass is 510 g/mol. The number of hydrogen-bond donors (Lipinski definition) is 4. The highest BCUT2D eigenvalue weighted by Crippen LogP contribution is 2.36. The van der Waals surface area contributed by atoms with Gasteiger partial charge in [-0.05, 0) is 50.2 Å². The number of carbonyl (C=O) groups excluding carboxylic acids is 1. The van der Waals surface area contributed by atoms with Crippen molar-refractivity contribution in [1.29, 1.82) is 0 Å². The zero-order chi connectivity index (χ0) is 25.1. The van der Waals surface area contributed by atoms with Gasteiger partial charge in [-0.15, -0.1) is 0 Å². The van der Waals surface area contributed by atoms with Crippen molar-refractivity contribution < 1.29 is 14.6 Å². The van der Waals surface area contributed by atoms with Crippen LogP contribution in [-0.4, -0.2) is 67.9 Å². The van der Waals surface area contributed by atoms with Gasteiger partial charge in [0.05, 0.1) is 25.5 Å². The number of amides is 1. The lowest BCUT2D eigenvalue weighted by molar-refractivity contribution is 0.0940. The number of carbonyl (C=O) groups is 1. The average molecular weight is 511 g/mol. The molecule has 1 saturated heterocycles. The van der Waals surface area contributed by atoms with E-state index in [1.165, 1.54) is 10.7 Å². The number of anilines is 1. The molecule has 1 aromatic carbocycles. The molecule has 0 radical (unpaired) electrons. The Hall–Kier alpha value is -3.51. The van der Waals surface area contributed by atoms with E-state index in [1.54, 1.807) is 54.6 Å². The van der Waals surface area contributed by atoms with Crippen LogP contribution >= 0.6 is 11.6 Å². The molecule has 36 heavy (non-hydrogen) atoms. The SMILES string of the molecule is COc1ccc(Cl)cc1-c1nn(CC(O)NC2CCNCC2)cc1NC(=O)c1cnn2cccnc12. The first-order valence-electron chi connectivity index (χ1n) is 11.7. The van der Waals surface area contributed by atoms with Crippen molar-refractivity contribution in [2.24, 2.45) is 0 Å². The Bertz CT molecular complexity index is 1360. The molecule has 4 N–H and O–H groups in total. The molecule has 1 aliphatic rings. The number of aliphatic hydroxyl groups excluding tert-OH is 1. The second kappa shape index (κ2) is 10.6. The number of methoxy groups -OCH3 is 1. The number of rotatable bonds is 8. The van der Waals surface area contributed by atoms with Crippen LogP contribution in [0.25, 0.3) is 16.9 Å². The van der Waals surface area contributed by atoms with Gasteiger partial charge in [0.2, 0.25) is 0 Å².